The van der Waals surface area contributed by atoms with E-state index in [4.69, 9.17) is 10.3 Å². The number of hydrogen-bond donors (Lipinski definition) is 1. The summed E-state index contributed by atoms with van der Waals surface area (Å²) in [7, 11) is 0. The Morgan fingerprint density at radius 2 is 2.25 bits per heavy atom. The molecule has 0 bridgehead atoms. The smallest absolute Gasteiger partial charge is 0.258 e. The standard InChI is InChI=1S/C13H14N4OS2/c1-2-5-19-7-11-16-12(18-17-11)8-3-4-9-10(6-8)20-13(14)15-9/h3-4,6H,2,5,7H2,1H3,(H2,14,15). The maximum absolute atomic E-state index is 5.70. The molecule has 7 heteroatoms. The number of thiazole rings is 1. The van der Waals surface area contributed by atoms with Crippen molar-refractivity contribution >= 4 is 38.4 Å². The van der Waals surface area contributed by atoms with Crippen LogP contribution in [0.15, 0.2) is 22.7 Å². The molecule has 0 radical (unpaired) electrons. The molecule has 2 aromatic heterocycles. The third-order valence-electron chi connectivity index (χ3n) is 2.70. The summed E-state index contributed by atoms with van der Waals surface area (Å²) in [5.41, 5.74) is 7.51. The Bertz CT molecular complexity index is 722. The summed E-state index contributed by atoms with van der Waals surface area (Å²) in [6.45, 7) is 2.16. The van der Waals surface area contributed by atoms with Gasteiger partial charge in [-0.25, -0.2) is 4.98 Å². The Morgan fingerprint density at radius 1 is 1.35 bits per heavy atom. The quantitative estimate of drug-likeness (QED) is 0.726. The van der Waals surface area contributed by atoms with Crippen LogP contribution in [0, 0.1) is 0 Å². The lowest BCUT2D eigenvalue weighted by Crippen LogP contribution is -1.85. The van der Waals surface area contributed by atoms with E-state index in [-0.39, 0.29) is 0 Å². The SMILES string of the molecule is CCCSCc1noc(-c2ccc3nc(N)sc3c2)n1. The Morgan fingerprint density at radius 3 is 3.10 bits per heavy atom. The van der Waals surface area contributed by atoms with E-state index in [1.165, 1.54) is 11.3 Å². The van der Waals surface area contributed by atoms with Gasteiger partial charge in [-0.05, 0) is 30.4 Å². The second kappa shape index (κ2) is 5.80. The predicted octanol–water partition coefficient (Wildman–Crippen LogP) is 3.57. The van der Waals surface area contributed by atoms with Crippen LogP contribution in [0.3, 0.4) is 0 Å². The summed E-state index contributed by atoms with van der Waals surface area (Å²) in [6, 6.07) is 5.84. The summed E-state index contributed by atoms with van der Waals surface area (Å²) in [4.78, 5) is 8.65. The highest BCUT2D eigenvalue weighted by Crippen LogP contribution is 2.28. The molecule has 0 atom stereocenters. The van der Waals surface area contributed by atoms with Crippen LogP contribution in [-0.2, 0) is 5.75 Å². The van der Waals surface area contributed by atoms with Crippen molar-refractivity contribution < 1.29 is 4.52 Å². The van der Waals surface area contributed by atoms with Crippen molar-refractivity contribution in [2.45, 2.75) is 19.1 Å². The van der Waals surface area contributed by atoms with E-state index in [0.29, 0.717) is 11.0 Å². The molecule has 5 nitrogen and oxygen atoms in total. The van der Waals surface area contributed by atoms with Gasteiger partial charge in [0.2, 0.25) is 0 Å². The van der Waals surface area contributed by atoms with E-state index >= 15 is 0 Å². The summed E-state index contributed by atoms with van der Waals surface area (Å²) in [5.74, 6) is 3.18. The first-order valence-corrected chi connectivity index (χ1v) is 8.30. The number of nitrogen functional groups attached to an aromatic ring is 1. The molecule has 104 valence electrons. The lowest BCUT2D eigenvalue weighted by atomic mass is 10.2. The highest BCUT2D eigenvalue weighted by atomic mass is 32.2. The van der Waals surface area contributed by atoms with Crippen LogP contribution in [0.25, 0.3) is 21.7 Å². The highest BCUT2D eigenvalue weighted by Gasteiger charge is 2.10. The van der Waals surface area contributed by atoms with Gasteiger partial charge in [0.25, 0.3) is 5.89 Å². The number of rotatable bonds is 5. The molecule has 0 spiro atoms. The average Bonchev–Trinajstić information content (AvgIpc) is 3.03. The zero-order valence-electron chi connectivity index (χ0n) is 11.0. The van der Waals surface area contributed by atoms with Gasteiger partial charge in [0.05, 0.1) is 16.0 Å². The number of thioether (sulfide) groups is 1. The summed E-state index contributed by atoms with van der Waals surface area (Å²) in [6.07, 6.45) is 1.15. The number of fused-ring (bicyclic) bond motifs is 1. The van der Waals surface area contributed by atoms with Crippen LogP contribution in [0.5, 0.6) is 0 Å². The first-order chi connectivity index (χ1) is 9.76. The van der Waals surface area contributed by atoms with Crippen molar-refractivity contribution in [1.82, 2.24) is 15.1 Å². The molecular formula is C13H14N4OS2. The minimum atomic E-state index is 0.547. The van der Waals surface area contributed by atoms with Gasteiger partial charge in [-0.3, -0.25) is 0 Å². The molecule has 0 aliphatic heterocycles. The molecule has 0 aliphatic rings. The maximum Gasteiger partial charge on any atom is 0.258 e. The van der Waals surface area contributed by atoms with Crippen LogP contribution >= 0.6 is 23.1 Å². The van der Waals surface area contributed by atoms with Gasteiger partial charge in [-0.2, -0.15) is 16.7 Å². The van der Waals surface area contributed by atoms with Crippen molar-refractivity contribution in [3.05, 3.63) is 24.0 Å². The molecule has 0 saturated heterocycles. The Balaban J connectivity index is 1.83. The lowest BCUT2D eigenvalue weighted by molar-refractivity contribution is 0.425. The van der Waals surface area contributed by atoms with E-state index in [2.05, 4.69) is 22.0 Å². The minimum absolute atomic E-state index is 0.547. The minimum Gasteiger partial charge on any atom is -0.375 e. The topological polar surface area (TPSA) is 77.8 Å². The molecule has 0 amide bonds. The number of aromatic nitrogens is 3. The van der Waals surface area contributed by atoms with E-state index < -0.39 is 0 Å². The van der Waals surface area contributed by atoms with Gasteiger partial charge in [0, 0.05) is 5.56 Å². The summed E-state index contributed by atoms with van der Waals surface area (Å²) >= 11 is 3.27. The van der Waals surface area contributed by atoms with Gasteiger partial charge < -0.3 is 10.3 Å². The van der Waals surface area contributed by atoms with Gasteiger partial charge in [-0.15, -0.1) is 0 Å². The zero-order chi connectivity index (χ0) is 13.9. The normalized spacial score (nSPS) is 11.2. The van der Waals surface area contributed by atoms with Crippen LogP contribution in [0.4, 0.5) is 5.13 Å². The molecule has 0 fully saturated rings. The Kier molecular flexibility index (Phi) is 3.88. The van der Waals surface area contributed by atoms with Crippen LogP contribution in [-0.4, -0.2) is 20.9 Å². The van der Waals surface area contributed by atoms with Crippen LogP contribution in [0.2, 0.25) is 0 Å². The molecule has 0 aliphatic carbocycles. The third kappa shape index (κ3) is 2.78. The largest absolute Gasteiger partial charge is 0.375 e. The van der Waals surface area contributed by atoms with Crippen molar-refractivity contribution in [2.24, 2.45) is 0 Å². The Labute approximate surface area is 124 Å². The maximum atomic E-state index is 5.70. The molecule has 0 saturated carbocycles. The second-order valence-electron chi connectivity index (χ2n) is 4.30. The van der Waals surface area contributed by atoms with Crippen LogP contribution < -0.4 is 5.73 Å². The highest BCUT2D eigenvalue weighted by molar-refractivity contribution is 7.98. The number of nitrogens with zero attached hydrogens (tertiary/aromatic N) is 3. The number of anilines is 1. The number of hydrogen-bond acceptors (Lipinski definition) is 7. The molecular weight excluding hydrogens is 292 g/mol. The average molecular weight is 306 g/mol. The first-order valence-electron chi connectivity index (χ1n) is 6.33. The van der Waals surface area contributed by atoms with E-state index in [1.54, 1.807) is 0 Å². The van der Waals surface area contributed by atoms with Gasteiger partial charge in [0.1, 0.15) is 0 Å². The second-order valence-corrected chi connectivity index (χ2v) is 6.47. The lowest BCUT2D eigenvalue weighted by Gasteiger charge is -1.94. The predicted molar refractivity (Wildman–Crippen MR) is 83.8 cm³/mol. The van der Waals surface area contributed by atoms with Gasteiger partial charge in [-0.1, -0.05) is 23.4 Å². The molecule has 2 N–H and O–H groups in total. The van der Waals surface area contributed by atoms with E-state index in [1.807, 2.05) is 30.0 Å². The molecule has 20 heavy (non-hydrogen) atoms. The van der Waals surface area contributed by atoms with E-state index in [0.717, 1.165) is 39.5 Å². The summed E-state index contributed by atoms with van der Waals surface area (Å²) in [5, 5.41) is 4.57. The van der Waals surface area contributed by atoms with Crippen molar-refractivity contribution in [1.29, 1.82) is 0 Å². The molecule has 3 aromatic rings. The fraction of sp³-hybridized carbons (Fsp3) is 0.308. The molecule has 3 rings (SSSR count). The van der Waals surface area contributed by atoms with Gasteiger partial charge in [0.15, 0.2) is 11.0 Å². The first kappa shape index (κ1) is 13.4. The number of nitrogens with two attached hydrogens (primary N) is 1. The fourth-order valence-electron chi connectivity index (χ4n) is 1.81. The monoisotopic (exact) mass is 306 g/mol. The van der Waals surface area contributed by atoms with Crippen LogP contribution in [0.1, 0.15) is 19.2 Å². The summed E-state index contributed by atoms with van der Waals surface area (Å²) < 4.78 is 6.34. The van der Waals surface area contributed by atoms with E-state index in [9.17, 15) is 0 Å². The zero-order valence-corrected chi connectivity index (χ0v) is 12.6. The van der Waals surface area contributed by atoms with Crippen molar-refractivity contribution in [3.63, 3.8) is 0 Å². The Hall–Kier alpha value is -1.60. The van der Waals surface area contributed by atoms with Crippen molar-refractivity contribution in [3.8, 4) is 11.5 Å². The number of benzene rings is 1. The van der Waals surface area contributed by atoms with Gasteiger partial charge >= 0.3 is 0 Å². The van der Waals surface area contributed by atoms with Crippen molar-refractivity contribution in [2.75, 3.05) is 11.5 Å². The molecule has 0 unspecified atom stereocenters. The molecule has 1 aromatic carbocycles. The third-order valence-corrected chi connectivity index (χ3v) is 4.71. The fourth-order valence-corrected chi connectivity index (χ4v) is 3.32. The molecule has 2 heterocycles.